The molecule has 51 heavy (non-hydrogen) atoms. The van der Waals surface area contributed by atoms with E-state index in [1.807, 2.05) is 0 Å². The number of rotatable bonds is 13. The van der Waals surface area contributed by atoms with Gasteiger partial charge in [0, 0.05) is 32.9 Å². The fraction of sp³-hybridized carbons (Fsp3) is 0.788. The van der Waals surface area contributed by atoms with Gasteiger partial charge in [0.25, 0.3) is 0 Å². The van der Waals surface area contributed by atoms with Crippen molar-refractivity contribution in [2.45, 2.75) is 126 Å². The monoisotopic (exact) mass is 724 g/mol. The zero-order valence-electron chi connectivity index (χ0n) is 29.0. The summed E-state index contributed by atoms with van der Waals surface area (Å²) in [5.41, 5.74) is -2.32. The molecule has 2 aliphatic heterocycles. The van der Waals surface area contributed by atoms with Crippen LogP contribution in [-0.4, -0.2) is 134 Å². The van der Waals surface area contributed by atoms with E-state index in [2.05, 4.69) is 33.5 Å². The maximum atomic E-state index is 12.9. The lowest BCUT2D eigenvalue weighted by molar-refractivity contribution is -0.208. The number of aliphatic hydroxyl groups is 4. The van der Waals surface area contributed by atoms with Crippen LogP contribution in [0.5, 0.6) is 0 Å². The molecule has 0 radical (unpaired) electrons. The van der Waals surface area contributed by atoms with Gasteiger partial charge in [-0.3, -0.25) is 15.0 Å². The molecule has 2 amide bonds. The Labute approximate surface area is 295 Å². The lowest BCUT2D eigenvalue weighted by Crippen LogP contribution is -2.72. The number of carboxylic acid groups (broad SMARTS) is 2. The number of guanidine groups is 1. The van der Waals surface area contributed by atoms with Gasteiger partial charge in [-0.2, -0.15) is 0 Å². The minimum atomic E-state index is -2.41. The molecule has 12 N–H and O–H groups in total. The molecular formula is C33H52N6O12. The van der Waals surface area contributed by atoms with Crippen molar-refractivity contribution in [3.05, 3.63) is 11.8 Å². The Morgan fingerprint density at radius 2 is 1.51 bits per heavy atom. The molecule has 0 aromatic carbocycles. The fourth-order valence-electron chi connectivity index (χ4n) is 9.53. The Hall–Kier alpha value is -3.55. The first-order valence-corrected chi connectivity index (χ1v) is 17.5. The Bertz CT molecular complexity index is 1360. The minimum absolute atomic E-state index is 0.0424. The van der Waals surface area contributed by atoms with Crippen molar-refractivity contribution in [3.8, 4) is 0 Å². The van der Waals surface area contributed by atoms with E-state index < -0.39 is 103 Å². The van der Waals surface area contributed by atoms with Crippen LogP contribution in [0.3, 0.4) is 0 Å². The zero-order valence-corrected chi connectivity index (χ0v) is 29.0. The van der Waals surface area contributed by atoms with Gasteiger partial charge in [-0.25, -0.2) is 9.59 Å². The maximum Gasteiger partial charge on any atom is 0.370 e. The van der Waals surface area contributed by atoms with E-state index in [0.717, 1.165) is 32.3 Å². The van der Waals surface area contributed by atoms with Crippen molar-refractivity contribution >= 4 is 29.7 Å². The Morgan fingerprint density at radius 3 is 2.02 bits per heavy atom. The topological polar surface area (TPSA) is 292 Å². The molecule has 10 unspecified atom stereocenters. The van der Waals surface area contributed by atoms with Crippen LogP contribution in [0.4, 0.5) is 0 Å². The third-order valence-electron chi connectivity index (χ3n) is 11.5. The molecule has 0 aromatic heterocycles. The lowest BCUT2D eigenvalue weighted by atomic mass is 9.48. The first kappa shape index (κ1) is 38.7. The molecule has 286 valence electrons. The number of hydrogen-bond acceptors (Lipinski definition) is 12. The maximum absolute atomic E-state index is 12.9. The van der Waals surface area contributed by atoms with Crippen LogP contribution in [0.1, 0.15) is 65.7 Å². The zero-order chi connectivity index (χ0) is 37.4. The van der Waals surface area contributed by atoms with Crippen LogP contribution in [0.25, 0.3) is 0 Å². The molecule has 18 heteroatoms. The van der Waals surface area contributed by atoms with Crippen molar-refractivity contribution in [1.82, 2.24) is 26.6 Å². The number of amides is 2. The molecule has 4 bridgehead atoms. The van der Waals surface area contributed by atoms with E-state index >= 15 is 0 Å². The summed E-state index contributed by atoms with van der Waals surface area (Å²) in [5.74, 6) is -3.63. The predicted molar refractivity (Wildman–Crippen MR) is 177 cm³/mol. The highest BCUT2D eigenvalue weighted by atomic mass is 16.6. The van der Waals surface area contributed by atoms with Gasteiger partial charge < -0.3 is 66.7 Å². The summed E-state index contributed by atoms with van der Waals surface area (Å²) in [7, 11) is 0. The van der Waals surface area contributed by atoms with E-state index in [9.17, 15) is 49.8 Å². The molecule has 2 heterocycles. The van der Waals surface area contributed by atoms with Crippen LogP contribution < -0.4 is 26.6 Å². The van der Waals surface area contributed by atoms with Gasteiger partial charge in [0.15, 0.2) is 5.96 Å². The van der Waals surface area contributed by atoms with E-state index in [0.29, 0.717) is 17.8 Å². The smallest absolute Gasteiger partial charge is 0.370 e. The number of aliphatic hydroxyl groups excluding tert-OH is 4. The molecule has 1 saturated heterocycles. The van der Waals surface area contributed by atoms with E-state index in [-0.39, 0.29) is 18.0 Å². The molecule has 4 saturated carbocycles. The van der Waals surface area contributed by atoms with Crippen LogP contribution in [0, 0.1) is 28.6 Å². The number of nitrogens with one attached hydrogen (secondary N) is 6. The Kier molecular flexibility index (Phi) is 11.5. The second-order valence-electron chi connectivity index (χ2n) is 15.3. The highest BCUT2D eigenvalue weighted by Gasteiger charge is 2.55. The van der Waals surface area contributed by atoms with Gasteiger partial charge >= 0.3 is 11.9 Å². The van der Waals surface area contributed by atoms with Gasteiger partial charge in [-0.15, -0.1) is 0 Å². The molecule has 0 aromatic rings. The third-order valence-corrected chi connectivity index (χ3v) is 11.5. The first-order chi connectivity index (χ1) is 24.0. The van der Waals surface area contributed by atoms with Crippen molar-refractivity contribution in [1.29, 1.82) is 5.41 Å². The van der Waals surface area contributed by atoms with E-state index in [1.54, 1.807) is 0 Å². The van der Waals surface area contributed by atoms with Crippen LogP contribution in [-0.2, 0) is 28.7 Å². The number of carbonyl (C=O) groups is 4. The third kappa shape index (κ3) is 8.25. The summed E-state index contributed by atoms with van der Waals surface area (Å²) in [5, 5.41) is 84.1. The number of hydrogen-bond donors (Lipinski definition) is 12. The van der Waals surface area contributed by atoms with Crippen LogP contribution in [0.15, 0.2) is 11.8 Å². The molecule has 4 aliphatic carbocycles. The first-order valence-electron chi connectivity index (χ1n) is 17.5. The predicted octanol–water partition coefficient (Wildman–Crippen LogP) is -2.32. The highest BCUT2D eigenvalue weighted by Crippen LogP contribution is 2.61. The van der Waals surface area contributed by atoms with Crippen LogP contribution in [0.2, 0.25) is 0 Å². The van der Waals surface area contributed by atoms with E-state index in [4.69, 9.17) is 14.9 Å². The largest absolute Gasteiger partial charge is 0.478 e. The van der Waals surface area contributed by atoms with Crippen LogP contribution >= 0.6 is 0 Å². The quantitative estimate of drug-likeness (QED) is 0.0702. The molecule has 0 spiro atoms. The fourth-order valence-corrected chi connectivity index (χ4v) is 9.53. The van der Waals surface area contributed by atoms with Gasteiger partial charge in [-0.1, -0.05) is 0 Å². The van der Waals surface area contributed by atoms with Gasteiger partial charge in [0.05, 0.1) is 36.9 Å². The molecule has 10 atom stereocenters. The molecule has 18 nitrogen and oxygen atoms in total. The SMILES string of the molecule is CC(=O)NC1C(O)CC(NC(=N)NC2C=C(C(=O)O)OC(C(O)C(O)CO)C2NC(C)=O)(C(=O)O)OC1CNC(C)C12CC3CC(CC(C3)C1)C2. The normalized spacial score (nSPS) is 38.6. The number of carboxylic acids is 2. The Balaban J connectivity index is 1.36. The van der Waals surface area contributed by atoms with Crippen molar-refractivity contribution in [2.75, 3.05) is 13.2 Å². The second-order valence-corrected chi connectivity index (χ2v) is 15.3. The molecular weight excluding hydrogens is 672 g/mol. The average Bonchev–Trinajstić information content (AvgIpc) is 3.03. The Morgan fingerprint density at radius 1 is 0.941 bits per heavy atom. The highest BCUT2D eigenvalue weighted by molar-refractivity contribution is 5.88. The summed E-state index contributed by atoms with van der Waals surface area (Å²) in [6.07, 6.45) is -0.330. The molecule has 5 fully saturated rings. The van der Waals surface area contributed by atoms with Gasteiger partial charge in [0.2, 0.25) is 23.3 Å². The average molecular weight is 725 g/mol. The summed E-state index contributed by atoms with van der Waals surface area (Å²) >= 11 is 0. The van der Waals surface area contributed by atoms with Crippen molar-refractivity contribution < 1.29 is 59.3 Å². The number of aliphatic carboxylic acids is 2. The summed E-state index contributed by atoms with van der Waals surface area (Å²) < 4.78 is 11.5. The number of ether oxygens (including phenoxy) is 2. The summed E-state index contributed by atoms with van der Waals surface area (Å²) in [4.78, 5) is 49.1. The van der Waals surface area contributed by atoms with Crippen molar-refractivity contribution in [2.24, 2.45) is 23.2 Å². The summed E-state index contributed by atoms with van der Waals surface area (Å²) in [6, 6.07) is -3.63. The van der Waals surface area contributed by atoms with Crippen molar-refractivity contribution in [3.63, 3.8) is 0 Å². The van der Waals surface area contributed by atoms with E-state index in [1.165, 1.54) is 26.2 Å². The van der Waals surface area contributed by atoms with Gasteiger partial charge in [-0.05, 0) is 74.7 Å². The minimum Gasteiger partial charge on any atom is -0.478 e. The number of carbonyl (C=O) groups excluding carboxylic acids is 2. The van der Waals surface area contributed by atoms with Gasteiger partial charge in [0.1, 0.15) is 18.3 Å². The standard InChI is InChI=1S/C33H52N6O12/c1-14(32-8-17-4-18(9-32)6-19(5-17)10-32)35-12-24-26(37-16(3)42)21(43)11-33(51-24,30(48)49)39-31(34)38-20-7-23(29(46)47)50-28(25(20)36-15(2)41)27(45)22(44)13-40/h7,14,17-22,24-28,35,40,43-45H,4-6,8-13H2,1-3H3,(H,36,41)(H,37,42)(H,46,47)(H,48,49)(H3,34,38,39). The summed E-state index contributed by atoms with van der Waals surface area (Å²) in [6.45, 7) is 3.67. The molecule has 6 rings (SSSR count). The molecule has 6 aliphatic rings. The second kappa shape index (κ2) is 15.2. The lowest BCUT2D eigenvalue weighted by Gasteiger charge is -2.59.